The lowest BCUT2D eigenvalue weighted by molar-refractivity contribution is 0.0598. The molecule has 0 unspecified atom stereocenters. The Balaban J connectivity index is 2.12. The second-order valence-electron chi connectivity index (χ2n) is 4.76. The molecule has 19 heavy (non-hydrogen) atoms. The van der Waals surface area contributed by atoms with Gasteiger partial charge in [0.25, 0.3) is 0 Å². The van der Waals surface area contributed by atoms with Crippen LogP contribution >= 0.6 is 0 Å². The van der Waals surface area contributed by atoms with E-state index in [9.17, 15) is 4.79 Å². The van der Waals surface area contributed by atoms with Crippen LogP contribution in [0.1, 0.15) is 35.2 Å². The molecule has 1 saturated carbocycles. The molecular formula is C15H18N2O2. The minimum Gasteiger partial charge on any atom is -0.465 e. The molecule has 1 aromatic carbocycles. The van der Waals surface area contributed by atoms with Crippen molar-refractivity contribution in [2.75, 3.05) is 13.7 Å². The molecule has 0 aliphatic heterocycles. The van der Waals surface area contributed by atoms with E-state index in [-0.39, 0.29) is 5.97 Å². The maximum atomic E-state index is 11.7. The van der Waals surface area contributed by atoms with Crippen molar-refractivity contribution in [2.24, 2.45) is 0 Å². The predicted octanol–water partition coefficient (Wildman–Crippen LogP) is 2.35. The molecule has 2 rings (SSSR count). The third-order valence-electron chi connectivity index (χ3n) is 3.37. The molecule has 1 aliphatic carbocycles. The average Bonchev–Trinajstić information content (AvgIpc) is 3.27. The Labute approximate surface area is 113 Å². The Morgan fingerprint density at radius 1 is 1.47 bits per heavy atom. The highest BCUT2D eigenvalue weighted by Crippen LogP contribution is 2.29. The van der Waals surface area contributed by atoms with E-state index in [4.69, 9.17) is 10.00 Å². The fraction of sp³-hybridized carbons (Fsp3) is 0.467. The van der Waals surface area contributed by atoms with E-state index >= 15 is 0 Å². The van der Waals surface area contributed by atoms with Crippen molar-refractivity contribution in [2.45, 2.75) is 31.8 Å². The van der Waals surface area contributed by atoms with Crippen molar-refractivity contribution in [3.63, 3.8) is 0 Å². The SMILES string of the molecule is COC(=O)c1ccccc1CN(CCC#N)C1CC1. The van der Waals surface area contributed by atoms with Gasteiger partial charge in [0, 0.05) is 25.6 Å². The Bertz CT molecular complexity index is 489. The van der Waals surface area contributed by atoms with Gasteiger partial charge in [-0.05, 0) is 24.5 Å². The van der Waals surface area contributed by atoms with Gasteiger partial charge in [-0.15, -0.1) is 0 Å². The number of hydrogen-bond acceptors (Lipinski definition) is 4. The summed E-state index contributed by atoms with van der Waals surface area (Å²) in [6.45, 7) is 1.47. The molecule has 0 bridgehead atoms. The first-order chi connectivity index (χ1) is 9.26. The largest absolute Gasteiger partial charge is 0.465 e. The minimum atomic E-state index is -0.299. The smallest absolute Gasteiger partial charge is 0.338 e. The number of ether oxygens (including phenoxy) is 1. The fourth-order valence-corrected chi connectivity index (χ4v) is 2.21. The molecule has 1 aromatic rings. The third-order valence-corrected chi connectivity index (χ3v) is 3.37. The summed E-state index contributed by atoms with van der Waals surface area (Å²) in [6.07, 6.45) is 2.90. The van der Waals surface area contributed by atoms with Crippen LogP contribution in [0.3, 0.4) is 0 Å². The van der Waals surface area contributed by atoms with Crippen LogP contribution in [0.2, 0.25) is 0 Å². The number of benzene rings is 1. The molecule has 0 spiro atoms. The lowest BCUT2D eigenvalue weighted by atomic mass is 10.1. The number of esters is 1. The van der Waals surface area contributed by atoms with Crippen molar-refractivity contribution in [3.05, 3.63) is 35.4 Å². The monoisotopic (exact) mass is 258 g/mol. The number of hydrogen-bond donors (Lipinski definition) is 0. The van der Waals surface area contributed by atoms with Crippen LogP contribution in [0.15, 0.2) is 24.3 Å². The van der Waals surface area contributed by atoms with Crippen molar-refractivity contribution in [1.29, 1.82) is 5.26 Å². The summed E-state index contributed by atoms with van der Waals surface area (Å²) in [5.41, 5.74) is 1.59. The molecule has 0 amide bonds. The van der Waals surface area contributed by atoms with E-state index in [0.29, 0.717) is 24.6 Å². The lowest BCUT2D eigenvalue weighted by Crippen LogP contribution is -2.27. The molecule has 0 atom stereocenters. The maximum absolute atomic E-state index is 11.7. The van der Waals surface area contributed by atoms with Crippen molar-refractivity contribution in [3.8, 4) is 6.07 Å². The number of nitrogens with zero attached hydrogens (tertiary/aromatic N) is 2. The quantitative estimate of drug-likeness (QED) is 0.735. The van der Waals surface area contributed by atoms with Gasteiger partial charge >= 0.3 is 5.97 Å². The molecule has 4 heteroatoms. The number of rotatable bonds is 6. The Kier molecular flexibility index (Phi) is 4.53. The first kappa shape index (κ1) is 13.6. The van der Waals surface area contributed by atoms with Gasteiger partial charge in [0.2, 0.25) is 0 Å². The highest BCUT2D eigenvalue weighted by atomic mass is 16.5. The molecular weight excluding hydrogens is 240 g/mol. The molecule has 0 aromatic heterocycles. The van der Waals surface area contributed by atoms with Crippen LogP contribution in [-0.4, -0.2) is 30.6 Å². The van der Waals surface area contributed by atoms with Gasteiger partial charge in [0.05, 0.1) is 18.7 Å². The van der Waals surface area contributed by atoms with Crippen LogP contribution in [0.4, 0.5) is 0 Å². The van der Waals surface area contributed by atoms with Gasteiger partial charge in [0.1, 0.15) is 0 Å². The fourth-order valence-electron chi connectivity index (χ4n) is 2.21. The minimum absolute atomic E-state index is 0.299. The zero-order valence-electron chi connectivity index (χ0n) is 11.1. The second-order valence-corrected chi connectivity index (χ2v) is 4.76. The van der Waals surface area contributed by atoms with E-state index in [1.807, 2.05) is 18.2 Å². The van der Waals surface area contributed by atoms with Gasteiger partial charge in [-0.3, -0.25) is 4.90 Å². The van der Waals surface area contributed by atoms with E-state index in [1.54, 1.807) is 6.07 Å². The molecule has 1 fully saturated rings. The predicted molar refractivity (Wildman–Crippen MR) is 71.4 cm³/mol. The molecule has 0 radical (unpaired) electrons. The highest BCUT2D eigenvalue weighted by molar-refractivity contribution is 5.90. The van der Waals surface area contributed by atoms with Gasteiger partial charge in [-0.25, -0.2) is 4.79 Å². The Hall–Kier alpha value is -1.86. The number of nitriles is 1. The molecule has 0 heterocycles. The molecule has 0 N–H and O–H groups in total. The normalized spacial score (nSPS) is 14.2. The molecule has 100 valence electrons. The van der Waals surface area contributed by atoms with Crippen LogP contribution in [0.25, 0.3) is 0 Å². The highest BCUT2D eigenvalue weighted by Gasteiger charge is 2.29. The first-order valence-electron chi connectivity index (χ1n) is 6.53. The summed E-state index contributed by atoms with van der Waals surface area (Å²) >= 11 is 0. The first-order valence-corrected chi connectivity index (χ1v) is 6.53. The number of methoxy groups -OCH3 is 1. The Morgan fingerprint density at radius 3 is 2.84 bits per heavy atom. The summed E-state index contributed by atoms with van der Waals surface area (Å²) in [5.74, 6) is -0.299. The second kappa shape index (κ2) is 6.35. The lowest BCUT2D eigenvalue weighted by Gasteiger charge is -2.21. The summed E-state index contributed by atoms with van der Waals surface area (Å²) < 4.78 is 4.81. The summed E-state index contributed by atoms with van der Waals surface area (Å²) in [5, 5.41) is 8.71. The maximum Gasteiger partial charge on any atom is 0.338 e. The van der Waals surface area contributed by atoms with E-state index in [0.717, 1.165) is 12.1 Å². The van der Waals surface area contributed by atoms with Crippen LogP contribution in [0, 0.1) is 11.3 Å². The topological polar surface area (TPSA) is 53.3 Å². The van der Waals surface area contributed by atoms with E-state index in [1.165, 1.54) is 20.0 Å². The molecule has 4 nitrogen and oxygen atoms in total. The summed E-state index contributed by atoms with van der Waals surface area (Å²) in [7, 11) is 1.40. The van der Waals surface area contributed by atoms with Gasteiger partial charge in [0.15, 0.2) is 0 Å². The van der Waals surface area contributed by atoms with Crippen LogP contribution in [0.5, 0.6) is 0 Å². The third kappa shape index (κ3) is 3.55. The Morgan fingerprint density at radius 2 is 2.21 bits per heavy atom. The van der Waals surface area contributed by atoms with Crippen molar-refractivity contribution < 1.29 is 9.53 Å². The van der Waals surface area contributed by atoms with Crippen molar-refractivity contribution in [1.82, 2.24) is 4.90 Å². The van der Waals surface area contributed by atoms with E-state index < -0.39 is 0 Å². The number of carbonyl (C=O) groups excluding carboxylic acids is 1. The molecule has 1 aliphatic rings. The van der Waals surface area contributed by atoms with E-state index in [2.05, 4.69) is 11.0 Å². The van der Waals surface area contributed by atoms with Crippen LogP contribution in [-0.2, 0) is 11.3 Å². The number of carbonyl (C=O) groups is 1. The van der Waals surface area contributed by atoms with Crippen LogP contribution < -0.4 is 0 Å². The van der Waals surface area contributed by atoms with Gasteiger partial charge in [-0.1, -0.05) is 18.2 Å². The standard InChI is InChI=1S/C15H18N2O2/c1-19-15(18)14-6-3-2-5-12(14)11-17(10-4-9-16)13-7-8-13/h2-3,5-6,13H,4,7-8,10-11H2,1H3. The zero-order valence-corrected chi connectivity index (χ0v) is 11.1. The summed E-state index contributed by atoms with van der Waals surface area (Å²) in [6, 6.07) is 10.3. The van der Waals surface area contributed by atoms with Gasteiger partial charge < -0.3 is 4.74 Å². The molecule has 0 saturated heterocycles. The zero-order chi connectivity index (χ0) is 13.7. The van der Waals surface area contributed by atoms with Crippen molar-refractivity contribution >= 4 is 5.97 Å². The average molecular weight is 258 g/mol. The summed E-state index contributed by atoms with van der Waals surface area (Å²) in [4.78, 5) is 14.0. The van der Waals surface area contributed by atoms with Gasteiger partial charge in [-0.2, -0.15) is 5.26 Å².